The topological polar surface area (TPSA) is 29.1 Å². The summed E-state index contributed by atoms with van der Waals surface area (Å²) in [6, 6.07) is 6.68. The highest BCUT2D eigenvalue weighted by Gasteiger charge is 2.18. The molecule has 1 aliphatic rings. The maximum absolute atomic E-state index is 11.2. The third-order valence-electron chi connectivity index (χ3n) is 4.17. The Morgan fingerprint density at radius 2 is 1.95 bits per heavy atom. The number of anilines is 1. The molecule has 19 heavy (non-hydrogen) atoms. The third kappa shape index (κ3) is 3.82. The highest BCUT2D eigenvalue weighted by Crippen LogP contribution is 2.25. The predicted molar refractivity (Wildman–Crippen MR) is 80.7 cm³/mol. The van der Waals surface area contributed by atoms with E-state index in [-0.39, 0.29) is 0 Å². The Kier molecular flexibility index (Phi) is 4.62. The number of aryl methyl sites for hydroxylation is 1. The summed E-state index contributed by atoms with van der Waals surface area (Å²) in [6.07, 6.45) is 3.65. The number of nitrogens with one attached hydrogen (secondary N) is 1. The van der Waals surface area contributed by atoms with Crippen molar-refractivity contribution >= 4 is 11.5 Å². The van der Waals surface area contributed by atoms with Crippen molar-refractivity contribution in [3.05, 3.63) is 29.3 Å². The van der Waals surface area contributed by atoms with Crippen molar-refractivity contribution in [2.24, 2.45) is 5.92 Å². The van der Waals surface area contributed by atoms with Crippen LogP contribution < -0.4 is 5.32 Å². The van der Waals surface area contributed by atoms with Crippen LogP contribution in [-0.4, -0.2) is 12.3 Å². The molecule has 0 radical (unpaired) electrons. The first-order valence-corrected chi connectivity index (χ1v) is 7.42. The lowest BCUT2D eigenvalue weighted by Gasteiger charge is -2.22. The fourth-order valence-corrected chi connectivity index (χ4v) is 2.65. The molecule has 0 amide bonds. The van der Waals surface area contributed by atoms with Crippen LogP contribution in [0, 0.1) is 12.8 Å². The fraction of sp³-hybridized carbons (Fsp3) is 0.588. The van der Waals surface area contributed by atoms with Crippen molar-refractivity contribution in [2.75, 3.05) is 11.9 Å². The zero-order chi connectivity index (χ0) is 13.8. The van der Waals surface area contributed by atoms with E-state index < -0.39 is 0 Å². The largest absolute Gasteiger partial charge is 0.385 e. The van der Waals surface area contributed by atoms with Crippen LogP contribution in [0.2, 0.25) is 0 Å². The van der Waals surface area contributed by atoms with Crippen LogP contribution in [-0.2, 0) is 4.79 Å². The van der Waals surface area contributed by atoms with Crippen molar-refractivity contribution in [1.29, 1.82) is 0 Å². The van der Waals surface area contributed by atoms with Crippen LogP contribution in [0.5, 0.6) is 0 Å². The van der Waals surface area contributed by atoms with Gasteiger partial charge in [0.05, 0.1) is 0 Å². The molecule has 1 fully saturated rings. The Bertz CT molecular complexity index is 441. The summed E-state index contributed by atoms with van der Waals surface area (Å²) in [5.41, 5.74) is 3.94. The number of Topliss-reactive ketones (excluding diaryl/α,β-unsaturated/α-hetero) is 1. The lowest BCUT2D eigenvalue weighted by atomic mass is 9.88. The Balaban J connectivity index is 1.95. The number of benzene rings is 1. The second kappa shape index (κ2) is 6.23. The highest BCUT2D eigenvalue weighted by molar-refractivity contribution is 5.79. The molecule has 0 atom stereocenters. The molecule has 1 saturated carbocycles. The Morgan fingerprint density at radius 3 is 2.58 bits per heavy atom. The molecule has 0 aromatic heterocycles. The van der Waals surface area contributed by atoms with Gasteiger partial charge in [0.2, 0.25) is 0 Å². The molecule has 2 rings (SSSR count). The molecule has 0 saturated heterocycles. The lowest BCUT2D eigenvalue weighted by Crippen LogP contribution is -2.21. The van der Waals surface area contributed by atoms with Crippen LogP contribution >= 0.6 is 0 Å². The van der Waals surface area contributed by atoms with Gasteiger partial charge in [0.1, 0.15) is 5.78 Å². The number of ketones is 1. The monoisotopic (exact) mass is 259 g/mol. The van der Waals surface area contributed by atoms with Gasteiger partial charge in [-0.15, -0.1) is 0 Å². The third-order valence-corrected chi connectivity index (χ3v) is 4.17. The Hall–Kier alpha value is -1.31. The summed E-state index contributed by atoms with van der Waals surface area (Å²) in [5, 5.41) is 3.58. The number of rotatable bonds is 4. The fourth-order valence-electron chi connectivity index (χ4n) is 2.65. The summed E-state index contributed by atoms with van der Waals surface area (Å²) < 4.78 is 0. The SMILES string of the molecule is Cc1ccc(C(C)C)cc1NCC1CCC(=O)CC1. The van der Waals surface area contributed by atoms with Crippen molar-refractivity contribution in [3.63, 3.8) is 0 Å². The van der Waals surface area contributed by atoms with Crippen molar-refractivity contribution in [1.82, 2.24) is 0 Å². The summed E-state index contributed by atoms with van der Waals surface area (Å²) in [5.74, 6) is 1.66. The van der Waals surface area contributed by atoms with Crippen LogP contribution in [0.25, 0.3) is 0 Å². The van der Waals surface area contributed by atoms with E-state index in [1.165, 1.54) is 16.8 Å². The summed E-state index contributed by atoms with van der Waals surface area (Å²) in [7, 11) is 0. The molecular formula is C17H25NO. The van der Waals surface area contributed by atoms with Gasteiger partial charge in [0, 0.05) is 25.1 Å². The van der Waals surface area contributed by atoms with Gasteiger partial charge in [-0.1, -0.05) is 26.0 Å². The highest BCUT2D eigenvalue weighted by atomic mass is 16.1. The van der Waals surface area contributed by atoms with Crippen LogP contribution in [0.3, 0.4) is 0 Å². The van der Waals surface area contributed by atoms with Gasteiger partial charge in [0.15, 0.2) is 0 Å². The summed E-state index contributed by atoms with van der Waals surface area (Å²) in [4.78, 5) is 11.2. The minimum absolute atomic E-state index is 0.439. The van der Waals surface area contributed by atoms with E-state index in [4.69, 9.17) is 0 Å². The Morgan fingerprint density at radius 1 is 1.26 bits per heavy atom. The first kappa shape index (κ1) is 14.1. The van der Waals surface area contributed by atoms with Gasteiger partial charge in [-0.05, 0) is 48.8 Å². The van der Waals surface area contributed by atoms with Crippen LogP contribution in [0.1, 0.15) is 56.6 Å². The Labute approximate surface area is 116 Å². The average Bonchev–Trinajstić information content (AvgIpc) is 2.39. The molecule has 1 aromatic rings. The molecule has 0 heterocycles. The molecule has 0 bridgehead atoms. The number of hydrogen-bond acceptors (Lipinski definition) is 2. The zero-order valence-electron chi connectivity index (χ0n) is 12.3. The summed E-state index contributed by atoms with van der Waals surface area (Å²) >= 11 is 0. The van der Waals surface area contributed by atoms with Crippen molar-refractivity contribution < 1.29 is 4.79 Å². The smallest absolute Gasteiger partial charge is 0.132 e. The van der Waals surface area contributed by atoms with Gasteiger partial charge in [-0.2, -0.15) is 0 Å². The quantitative estimate of drug-likeness (QED) is 0.874. The lowest BCUT2D eigenvalue weighted by molar-refractivity contribution is -0.120. The van der Waals surface area contributed by atoms with Crippen molar-refractivity contribution in [3.8, 4) is 0 Å². The van der Waals surface area contributed by atoms with Gasteiger partial charge in [-0.25, -0.2) is 0 Å². The molecule has 1 aliphatic carbocycles. The first-order valence-electron chi connectivity index (χ1n) is 7.42. The van der Waals surface area contributed by atoms with E-state index in [1.54, 1.807) is 0 Å². The molecule has 1 aromatic carbocycles. The van der Waals surface area contributed by atoms with E-state index >= 15 is 0 Å². The molecule has 0 spiro atoms. The minimum atomic E-state index is 0.439. The van der Waals surface area contributed by atoms with E-state index in [0.29, 0.717) is 17.6 Å². The molecule has 1 N–H and O–H groups in total. The van der Waals surface area contributed by atoms with E-state index in [2.05, 4.69) is 44.3 Å². The maximum atomic E-state index is 11.2. The van der Waals surface area contributed by atoms with Gasteiger partial charge < -0.3 is 5.32 Å². The zero-order valence-corrected chi connectivity index (χ0v) is 12.3. The predicted octanol–water partition coefficient (Wildman–Crippen LogP) is 4.29. The van der Waals surface area contributed by atoms with Gasteiger partial charge in [0.25, 0.3) is 0 Å². The first-order chi connectivity index (χ1) is 9.06. The standard InChI is InChI=1S/C17H25NO/c1-12(2)15-7-4-13(3)17(10-15)18-11-14-5-8-16(19)9-6-14/h4,7,10,12,14,18H,5-6,8-9,11H2,1-3H3. The van der Waals surface area contributed by atoms with Crippen LogP contribution in [0.4, 0.5) is 5.69 Å². The minimum Gasteiger partial charge on any atom is -0.385 e. The van der Waals surface area contributed by atoms with E-state index in [1.807, 2.05) is 0 Å². The second-order valence-corrected chi connectivity index (χ2v) is 6.09. The average molecular weight is 259 g/mol. The number of carbonyl (C=O) groups is 1. The molecular weight excluding hydrogens is 234 g/mol. The van der Waals surface area contributed by atoms with Crippen molar-refractivity contribution in [2.45, 2.75) is 52.4 Å². The molecule has 0 aliphatic heterocycles. The normalized spacial score (nSPS) is 16.9. The number of carbonyl (C=O) groups excluding carboxylic acids is 1. The second-order valence-electron chi connectivity index (χ2n) is 6.09. The van der Waals surface area contributed by atoms with E-state index in [9.17, 15) is 4.79 Å². The van der Waals surface area contributed by atoms with Gasteiger partial charge >= 0.3 is 0 Å². The maximum Gasteiger partial charge on any atom is 0.132 e. The molecule has 2 nitrogen and oxygen atoms in total. The van der Waals surface area contributed by atoms with Crippen LogP contribution in [0.15, 0.2) is 18.2 Å². The summed E-state index contributed by atoms with van der Waals surface area (Å²) in [6.45, 7) is 7.59. The molecule has 0 unspecified atom stereocenters. The van der Waals surface area contributed by atoms with E-state index in [0.717, 1.165) is 32.2 Å². The molecule has 2 heteroatoms. The molecule has 104 valence electrons. The van der Waals surface area contributed by atoms with Gasteiger partial charge in [-0.3, -0.25) is 4.79 Å². The number of hydrogen-bond donors (Lipinski definition) is 1.